The average Bonchev–Trinajstić information content (AvgIpc) is 3.68. The zero-order chi connectivity index (χ0) is 29.0. The lowest BCUT2D eigenvalue weighted by molar-refractivity contribution is 1.07. The van der Waals surface area contributed by atoms with Gasteiger partial charge in [-0.3, -0.25) is 4.40 Å². The number of hydrogen-bond donors (Lipinski definition) is 0. The van der Waals surface area contributed by atoms with Gasteiger partial charge in [0, 0.05) is 32.2 Å². The molecule has 0 N–H and O–H groups in total. The second-order valence-corrected chi connectivity index (χ2v) is 11.8. The van der Waals surface area contributed by atoms with Crippen LogP contribution in [-0.2, 0) is 0 Å². The summed E-state index contributed by atoms with van der Waals surface area (Å²) >= 11 is 1.80. The van der Waals surface area contributed by atoms with Gasteiger partial charge in [0.15, 0.2) is 23.1 Å². The van der Waals surface area contributed by atoms with Crippen molar-refractivity contribution in [1.29, 1.82) is 0 Å². The van der Waals surface area contributed by atoms with Gasteiger partial charge in [-0.25, -0.2) is 19.9 Å². The summed E-state index contributed by atoms with van der Waals surface area (Å²) in [6.45, 7) is 0. The average molecular weight is 582 g/mol. The molecule has 206 valence electrons. The maximum atomic E-state index is 5.11. The fraction of sp³-hybridized carbons (Fsp3) is 0. The van der Waals surface area contributed by atoms with Crippen molar-refractivity contribution in [1.82, 2.24) is 24.3 Å². The number of benzene rings is 5. The van der Waals surface area contributed by atoms with Crippen molar-refractivity contribution in [2.24, 2.45) is 0 Å². The van der Waals surface area contributed by atoms with Crippen LogP contribution in [-0.4, -0.2) is 24.3 Å². The highest BCUT2D eigenvalue weighted by atomic mass is 32.1. The van der Waals surface area contributed by atoms with Crippen LogP contribution in [0.5, 0.6) is 0 Å². The molecule has 4 heterocycles. The largest absolute Gasteiger partial charge is 0.291 e. The van der Waals surface area contributed by atoms with Gasteiger partial charge < -0.3 is 0 Å². The zero-order valence-electron chi connectivity index (χ0n) is 23.4. The Morgan fingerprint density at radius 1 is 0.455 bits per heavy atom. The number of hydrogen-bond acceptors (Lipinski definition) is 5. The molecule has 0 aliphatic rings. The Morgan fingerprint density at radius 2 is 1.00 bits per heavy atom. The van der Waals surface area contributed by atoms with Gasteiger partial charge in [0.05, 0.1) is 21.4 Å². The Labute approximate surface area is 256 Å². The van der Waals surface area contributed by atoms with E-state index in [1.807, 2.05) is 66.7 Å². The second kappa shape index (κ2) is 9.93. The van der Waals surface area contributed by atoms with E-state index in [0.717, 1.165) is 44.6 Å². The highest BCUT2D eigenvalue weighted by Gasteiger charge is 2.18. The van der Waals surface area contributed by atoms with Crippen molar-refractivity contribution in [2.75, 3.05) is 0 Å². The summed E-state index contributed by atoms with van der Waals surface area (Å²) in [7, 11) is 0. The lowest BCUT2D eigenvalue weighted by Gasteiger charge is -2.11. The van der Waals surface area contributed by atoms with E-state index >= 15 is 0 Å². The Kier molecular flexibility index (Phi) is 5.61. The monoisotopic (exact) mass is 581 g/mol. The number of rotatable bonds is 4. The van der Waals surface area contributed by atoms with Crippen molar-refractivity contribution in [3.05, 3.63) is 140 Å². The molecule has 6 heteroatoms. The minimum absolute atomic E-state index is 0.641. The predicted molar refractivity (Wildman–Crippen MR) is 181 cm³/mol. The van der Waals surface area contributed by atoms with E-state index in [2.05, 4.69) is 77.2 Å². The minimum Gasteiger partial charge on any atom is -0.291 e. The summed E-state index contributed by atoms with van der Waals surface area (Å²) in [5.74, 6) is 1.95. The minimum atomic E-state index is 0.641. The molecular weight excluding hydrogens is 559 g/mol. The van der Waals surface area contributed by atoms with E-state index in [1.54, 1.807) is 11.3 Å². The number of nitrogens with zero attached hydrogens (tertiary/aromatic N) is 5. The van der Waals surface area contributed by atoms with Gasteiger partial charge in [-0.2, -0.15) is 0 Å². The molecule has 9 aromatic rings. The molecule has 9 rings (SSSR count). The Balaban J connectivity index is 1.23. The van der Waals surface area contributed by atoms with Crippen LogP contribution in [0.1, 0.15) is 0 Å². The third-order valence-electron chi connectivity index (χ3n) is 8.06. The molecule has 0 aliphatic carbocycles. The summed E-state index contributed by atoms with van der Waals surface area (Å²) in [4.78, 5) is 19.8. The molecule has 0 aliphatic heterocycles. The summed E-state index contributed by atoms with van der Waals surface area (Å²) < 4.78 is 4.77. The fourth-order valence-corrected chi connectivity index (χ4v) is 7.10. The van der Waals surface area contributed by atoms with Crippen molar-refractivity contribution in [2.45, 2.75) is 0 Å². The number of pyridine rings is 1. The predicted octanol–water partition coefficient (Wildman–Crippen LogP) is 9.71. The van der Waals surface area contributed by atoms with Crippen LogP contribution in [0.3, 0.4) is 0 Å². The number of thiophene rings is 1. The van der Waals surface area contributed by atoms with E-state index in [1.165, 1.54) is 20.2 Å². The van der Waals surface area contributed by atoms with Gasteiger partial charge in [-0.15, -0.1) is 11.3 Å². The Bertz CT molecular complexity index is 2420. The van der Waals surface area contributed by atoms with Gasteiger partial charge in [-0.05, 0) is 29.8 Å². The molecule has 0 saturated heterocycles. The van der Waals surface area contributed by atoms with Gasteiger partial charge in [0.2, 0.25) is 0 Å². The van der Waals surface area contributed by atoms with Gasteiger partial charge in [0.25, 0.3) is 0 Å². The second-order valence-electron chi connectivity index (χ2n) is 10.7. The maximum Gasteiger partial charge on any atom is 0.164 e. The summed E-state index contributed by atoms with van der Waals surface area (Å²) in [5.41, 5.74) is 8.11. The van der Waals surface area contributed by atoms with E-state index in [9.17, 15) is 0 Å². The molecule has 0 spiro atoms. The van der Waals surface area contributed by atoms with Crippen LogP contribution in [0.15, 0.2) is 140 Å². The van der Waals surface area contributed by atoms with Gasteiger partial charge in [-0.1, -0.05) is 115 Å². The van der Waals surface area contributed by atoms with E-state index in [0.29, 0.717) is 17.5 Å². The molecule has 0 unspecified atom stereocenters. The lowest BCUT2D eigenvalue weighted by atomic mass is 10.1. The highest BCUT2D eigenvalue weighted by molar-refractivity contribution is 7.26. The van der Waals surface area contributed by atoms with Crippen LogP contribution < -0.4 is 0 Å². The molecule has 5 nitrogen and oxygen atoms in total. The van der Waals surface area contributed by atoms with Crippen molar-refractivity contribution in [3.63, 3.8) is 0 Å². The molecule has 4 aromatic heterocycles. The summed E-state index contributed by atoms with van der Waals surface area (Å²) in [6.07, 6.45) is 0. The van der Waals surface area contributed by atoms with Crippen LogP contribution in [0, 0.1) is 0 Å². The van der Waals surface area contributed by atoms with Crippen LogP contribution in [0.2, 0.25) is 0 Å². The molecular formula is C38H23N5S. The third-order valence-corrected chi connectivity index (χ3v) is 9.24. The smallest absolute Gasteiger partial charge is 0.164 e. The van der Waals surface area contributed by atoms with Crippen LogP contribution in [0.25, 0.3) is 82.3 Å². The van der Waals surface area contributed by atoms with Crippen LogP contribution >= 0.6 is 11.3 Å². The molecule has 0 saturated carbocycles. The summed E-state index contributed by atoms with van der Waals surface area (Å²) in [5, 5.41) is 2.48. The van der Waals surface area contributed by atoms with Crippen molar-refractivity contribution >= 4 is 48.2 Å². The molecule has 0 radical (unpaired) electrons. The molecule has 0 bridgehead atoms. The Hall–Kier alpha value is -5.72. The Morgan fingerprint density at radius 3 is 1.68 bits per heavy atom. The quantitative estimate of drug-likeness (QED) is 0.208. The summed E-state index contributed by atoms with van der Waals surface area (Å²) in [6, 6.07) is 47.9. The first-order valence-electron chi connectivity index (χ1n) is 14.5. The molecule has 0 fully saturated rings. The van der Waals surface area contributed by atoms with Crippen molar-refractivity contribution in [3.8, 4) is 45.4 Å². The number of imidazole rings is 1. The molecule has 5 aromatic carbocycles. The molecule has 44 heavy (non-hydrogen) atoms. The SMILES string of the molecule is c1ccc(-c2nc(-c3ccccc3)nc(-c3ccc(-c4cc5c6ccccc6sc5c5nc6ccccc6n45)cc3)n2)cc1. The standard InChI is InChI=1S/C38H23N5S/c1-3-11-25(12-4-1)35-40-36(26-13-5-2-6-14-26)42-37(41-35)27-21-19-24(20-22-27)32-23-29-28-15-7-10-18-33(28)44-34(29)38-39-30-16-8-9-17-31(30)43(32)38/h1-23H. The fourth-order valence-electron chi connectivity index (χ4n) is 5.94. The number of fused-ring (bicyclic) bond motifs is 7. The zero-order valence-corrected chi connectivity index (χ0v) is 24.2. The van der Waals surface area contributed by atoms with Gasteiger partial charge in [0.1, 0.15) is 0 Å². The molecule has 0 atom stereocenters. The van der Waals surface area contributed by atoms with E-state index in [4.69, 9.17) is 19.9 Å². The molecule has 0 amide bonds. The topological polar surface area (TPSA) is 56.0 Å². The maximum absolute atomic E-state index is 5.11. The van der Waals surface area contributed by atoms with Crippen LogP contribution in [0.4, 0.5) is 0 Å². The third kappa shape index (κ3) is 4.00. The first-order chi connectivity index (χ1) is 21.8. The highest BCUT2D eigenvalue weighted by Crippen LogP contribution is 2.40. The van der Waals surface area contributed by atoms with E-state index < -0.39 is 0 Å². The lowest BCUT2D eigenvalue weighted by Crippen LogP contribution is -2.00. The first kappa shape index (κ1) is 24.8. The number of aromatic nitrogens is 5. The van der Waals surface area contributed by atoms with E-state index in [-0.39, 0.29) is 0 Å². The van der Waals surface area contributed by atoms with Gasteiger partial charge >= 0.3 is 0 Å². The number of para-hydroxylation sites is 2. The normalized spacial score (nSPS) is 11.6. The first-order valence-corrected chi connectivity index (χ1v) is 15.3. The van der Waals surface area contributed by atoms with Crippen molar-refractivity contribution < 1.29 is 0 Å².